The summed E-state index contributed by atoms with van der Waals surface area (Å²) in [6, 6.07) is 20.4. The van der Waals surface area contributed by atoms with Gasteiger partial charge in [-0.05, 0) is 61.0 Å². The average molecular weight is 483 g/mol. The van der Waals surface area contributed by atoms with Gasteiger partial charge in [-0.25, -0.2) is 13.2 Å². The van der Waals surface area contributed by atoms with Crippen molar-refractivity contribution < 1.29 is 27.5 Å². The molecule has 0 bridgehead atoms. The Morgan fingerprint density at radius 3 is 2.09 bits per heavy atom. The molecule has 178 valence electrons. The summed E-state index contributed by atoms with van der Waals surface area (Å²) in [5, 5.41) is 2.67. The molecule has 34 heavy (non-hydrogen) atoms. The largest absolute Gasteiger partial charge is 0.484 e. The zero-order valence-electron chi connectivity index (χ0n) is 19.1. The van der Waals surface area contributed by atoms with Crippen LogP contribution in [0.15, 0.2) is 72.8 Å². The number of nitrogens with one attached hydrogen (secondary N) is 1. The molecule has 0 fully saturated rings. The van der Waals surface area contributed by atoms with Crippen LogP contribution in [0.3, 0.4) is 0 Å². The number of esters is 1. The summed E-state index contributed by atoms with van der Waals surface area (Å²) < 4.78 is 36.2. The van der Waals surface area contributed by atoms with Gasteiger partial charge in [0.05, 0.1) is 31.2 Å². The minimum absolute atomic E-state index is 0.205. The Labute approximate surface area is 199 Å². The number of carbonyl (C=O) groups is 2. The lowest BCUT2D eigenvalue weighted by atomic mass is 10.1. The minimum atomic E-state index is -3.51. The highest BCUT2D eigenvalue weighted by molar-refractivity contribution is 7.92. The van der Waals surface area contributed by atoms with Gasteiger partial charge < -0.3 is 14.8 Å². The van der Waals surface area contributed by atoms with E-state index in [1.54, 1.807) is 48.5 Å². The number of anilines is 2. The van der Waals surface area contributed by atoms with Gasteiger partial charge in [0, 0.05) is 5.69 Å². The lowest BCUT2D eigenvalue weighted by Gasteiger charge is -2.23. The van der Waals surface area contributed by atoms with Crippen LogP contribution >= 0.6 is 0 Å². The van der Waals surface area contributed by atoms with E-state index in [4.69, 9.17) is 4.74 Å². The fourth-order valence-electron chi connectivity index (χ4n) is 3.12. The second-order valence-corrected chi connectivity index (χ2v) is 9.56. The number of benzene rings is 3. The molecular weight excluding hydrogens is 456 g/mol. The van der Waals surface area contributed by atoms with E-state index >= 15 is 0 Å². The molecule has 0 aromatic heterocycles. The Morgan fingerprint density at radius 2 is 1.53 bits per heavy atom. The lowest BCUT2D eigenvalue weighted by molar-refractivity contribution is -0.118. The quantitative estimate of drug-likeness (QED) is 0.466. The third-order valence-electron chi connectivity index (χ3n) is 4.93. The van der Waals surface area contributed by atoms with Gasteiger partial charge in [0.25, 0.3) is 5.91 Å². The molecule has 0 unspecified atom stereocenters. The van der Waals surface area contributed by atoms with Crippen LogP contribution < -0.4 is 14.4 Å². The summed E-state index contributed by atoms with van der Waals surface area (Å²) in [5.41, 5.74) is 3.34. The zero-order valence-corrected chi connectivity index (χ0v) is 20.0. The number of hydrogen-bond acceptors (Lipinski definition) is 6. The predicted molar refractivity (Wildman–Crippen MR) is 131 cm³/mol. The number of amides is 1. The van der Waals surface area contributed by atoms with Crippen LogP contribution in [0, 0.1) is 6.92 Å². The monoisotopic (exact) mass is 482 g/mol. The maximum atomic E-state index is 12.4. The number of sulfonamides is 1. The van der Waals surface area contributed by atoms with Crippen molar-refractivity contribution >= 4 is 33.3 Å². The molecular formula is C25H26N2O6S. The van der Waals surface area contributed by atoms with E-state index < -0.39 is 16.0 Å². The van der Waals surface area contributed by atoms with Crippen molar-refractivity contribution in [3.05, 3.63) is 89.5 Å². The Hall–Kier alpha value is -3.85. The summed E-state index contributed by atoms with van der Waals surface area (Å²) in [6.07, 6.45) is 1.16. The first-order chi connectivity index (χ1) is 16.2. The van der Waals surface area contributed by atoms with Gasteiger partial charge in [0.2, 0.25) is 10.0 Å². The molecule has 1 amide bonds. The van der Waals surface area contributed by atoms with Gasteiger partial charge in [0.15, 0.2) is 6.61 Å². The van der Waals surface area contributed by atoms with Crippen molar-refractivity contribution in [2.45, 2.75) is 13.5 Å². The number of hydrogen-bond donors (Lipinski definition) is 1. The maximum Gasteiger partial charge on any atom is 0.337 e. The zero-order chi connectivity index (χ0) is 24.7. The Balaban J connectivity index is 1.60. The molecule has 3 rings (SSSR count). The summed E-state index contributed by atoms with van der Waals surface area (Å²) in [4.78, 5) is 23.6. The van der Waals surface area contributed by atoms with Crippen molar-refractivity contribution in [2.75, 3.05) is 29.6 Å². The fraction of sp³-hybridized carbons (Fsp3) is 0.200. The normalized spacial score (nSPS) is 10.9. The Kier molecular flexibility index (Phi) is 7.91. The second kappa shape index (κ2) is 10.8. The van der Waals surface area contributed by atoms with Gasteiger partial charge in [-0.3, -0.25) is 9.10 Å². The predicted octanol–water partition coefficient (Wildman–Crippen LogP) is 3.77. The van der Waals surface area contributed by atoms with Crippen molar-refractivity contribution in [3.8, 4) is 5.75 Å². The summed E-state index contributed by atoms with van der Waals surface area (Å²) in [5.74, 6) is -0.422. The minimum Gasteiger partial charge on any atom is -0.484 e. The number of carbonyl (C=O) groups excluding carboxylic acids is 2. The molecule has 3 aromatic rings. The molecule has 0 radical (unpaired) electrons. The molecule has 0 aliphatic carbocycles. The van der Waals surface area contributed by atoms with Crippen LogP contribution in [0.5, 0.6) is 5.75 Å². The van der Waals surface area contributed by atoms with Gasteiger partial charge >= 0.3 is 5.97 Å². The summed E-state index contributed by atoms with van der Waals surface area (Å²) in [7, 11) is -2.21. The molecule has 0 saturated carbocycles. The van der Waals surface area contributed by atoms with Crippen LogP contribution in [-0.4, -0.2) is 40.3 Å². The van der Waals surface area contributed by atoms with E-state index in [0.717, 1.165) is 17.4 Å². The molecule has 0 spiro atoms. The number of aryl methyl sites for hydroxylation is 1. The lowest BCUT2D eigenvalue weighted by Crippen LogP contribution is -2.29. The van der Waals surface area contributed by atoms with E-state index in [1.165, 1.54) is 11.4 Å². The van der Waals surface area contributed by atoms with Crippen LogP contribution in [0.2, 0.25) is 0 Å². The standard InChI is InChI=1S/C25H26N2O6S/c1-18-4-6-19(7-5-18)16-27(34(3,30)31)22-12-14-23(15-13-22)33-17-24(28)26-21-10-8-20(9-11-21)25(29)32-2/h4-15H,16-17H2,1-3H3,(H,26,28). The van der Waals surface area contributed by atoms with Crippen molar-refractivity contribution in [3.63, 3.8) is 0 Å². The maximum absolute atomic E-state index is 12.4. The Bertz CT molecular complexity index is 1240. The van der Waals surface area contributed by atoms with Crippen molar-refractivity contribution in [2.24, 2.45) is 0 Å². The highest BCUT2D eigenvalue weighted by Crippen LogP contribution is 2.24. The molecule has 8 nitrogen and oxygen atoms in total. The third kappa shape index (κ3) is 6.82. The third-order valence-corrected chi connectivity index (χ3v) is 6.07. The van der Waals surface area contributed by atoms with Crippen LogP contribution in [0.4, 0.5) is 11.4 Å². The van der Waals surface area contributed by atoms with Gasteiger partial charge in [0.1, 0.15) is 5.75 Å². The molecule has 9 heteroatoms. The molecule has 0 aliphatic rings. The van der Waals surface area contributed by atoms with Gasteiger partial charge in [-0.1, -0.05) is 29.8 Å². The average Bonchev–Trinajstić information content (AvgIpc) is 2.82. The van der Waals surface area contributed by atoms with Gasteiger partial charge in [-0.15, -0.1) is 0 Å². The fourth-order valence-corrected chi connectivity index (χ4v) is 4.01. The Morgan fingerprint density at radius 1 is 0.912 bits per heavy atom. The number of ether oxygens (including phenoxy) is 2. The molecule has 3 aromatic carbocycles. The van der Waals surface area contributed by atoms with Crippen LogP contribution in [0.1, 0.15) is 21.5 Å². The molecule has 0 saturated heterocycles. The topological polar surface area (TPSA) is 102 Å². The van der Waals surface area contributed by atoms with E-state index in [0.29, 0.717) is 22.7 Å². The second-order valence-electron chi connectivity index (χ2n) is 7.65. The van der Waals surface area contributed by atoms with Crippen molar-refractivity contribution in [1.29, 1.82) is 0 Å². The van der Waals surface area contributed by atoms with E-state index in [-0.39, 0.29) is 19.1 Å². The van der Waals surface area contributed by atoms with Gasteiger partial charge in [-0.2, -0.15) is 0 Å². The first-order valence-corrected chi connectivity index (χ1v) is 12.2. The van der Waals surface area contributed by atoms with E-state index in [9.17, 15) is 18.0 Å². The number of methoxy groups -OCH3 is 1. The molecule has 1 N–H and O–H groups in total. The summed E-state index contributed by atoms with van der Waals surface area (Å²) >= 11 is 0. The SMILES string of the molecule is COC(=O)c1ccc(NC(=O)COc2ccc(N(Cc3ccc(C)cc3)S(C)(=O)=O)cc2)cc1. The number of nitrogens with zero attached hydrogens (tertiary/aromatic N) is 1. The first kappa shape index (κ1) is 24.8. The van der Waals surface area contributed by atoms with Crippen molar-refractivity contribution in [1.82, 2.24) is 0 Å². The summed E-state index contributed by atoms with van der Waals surface area (Å²) in [6.45, 7) is 1.94. The smallest absolute Gasteiger partial charge is 0.337 e. The molecule has 0 heterocycles. The highest BCUT2D eigenvalue weighted by atomic mass is 32.2. The molecule has 0 atom stereocenters. The highest BCUT2D eigenvalue weighted by Gasteiger charge is 2.18. The number of rotatable bonds is 9. The first-order valence-electron chi connectivity index (χ1n) is 10.4. The van der Waals surface area contributed by atoms with Crippen LogP contribution in [0.25, 0.3) is 0 Å². The molecule has 0 aliphatic heterocycles. The van der Waals surface area contributed by atoms with Crippen LogP contribution in [-0.2, 0) is 26.1 Å². The van der Waals surface area contributed by atoms with E-state index in [1.807, 2.05) is 31.2 Å². The van der Waals surface area contributed by atoms with E-state index in [2.05, 4.69) is 10.1 Å².